The van der Waals surface area contributed by atoms with Crippen LogP contribution in [0.2, 0.25) is 0 Å². The van der Waals surface area contributed by atoms with Crippen LogP contribution in [0.15, 0.2) is 0 Å². The number of hydrogen-bond acceptors (Lipinski definition) is 4. The van der Waals surface area contributed by atoms with Crippen molar-refractivity contribution in [1.82, 2.24) is 9.80 Å². The lowest BCUT2D eigenvalue weighted by Crippen LogP contribution is -2.55. The second-order valence-electron chi connectivity index (χ2n) is 5.10. The standard InChI is InChI=1S/C12H18N2O4/c15-11(9-1-5-17-6-2-9)13-3-4-14-10(7-13)8-18-12(14)16/h9-10H,1-8H2. The van der Waals surface area contributed by atoms with Crippen LogP contribution in [0.3, 0.4) is 0 Å². The number of piperazine rings is 1. The average molecular weight is 254 g/mol. The maximum absolute atomic E-state index is 12.3. The minimum atomic E-state index is -0.238. The highest BCUT2D eigenvalue weighted by atomic mass is 16.6. The summed E-state index contributed by atoms with van der Waals surface area (Å²) in [6.45, 7) is 3.61. The summed E-state index contributed by atoms with van der Waals surface area (Å²) in [5, 5.41) is 0. The first kappa shape index (κ1) is 11.8. The van der Waals surface area contributed by atoms with E-state index in [1.54, 1.807) is 4.90 Å². The van der Waals surface area contributed by atoms with Crippen LogP contribution in [-0.4, -0.2) is 67.3 Å². The van der Waals surface area contributed by atoms with E-state index in [9.17, 15) is 9.59 Å². The topological polar surface area (TPSA) is 59.1 Å². The number of amides is 2. The Bertz CT molecular complexity index is 354. The lowest BCUT2D eigenvalue weighted by atomic mass is 9.98. The molecular weight excluding hydrogens is 236 g/mol. The van der Waals surface area contributed by atoms with Crippen molar-refractivity contribution >= 4 is 12.0 Å². The highest BCUT2D eigenvalue weighted by molar-refractivity contribution is 5.79. The molecule has 3 aliphatic rings. The SMILES string of the molecule is O=C(C1CCOCC1)N1CCN2C(=O)OCC2C1. The highest BCUT2D eigenvalue weighted by Gasteiger charge is 2.39. The molecule has 6 nitrogen and oxygen atoms in total. The second-order valence-corrected chi connectivity index (χ2v) is 5.10. The van der Waals surface area contributed by atoms with Crippen LogP contribution in [-0.2, 0) is 14.3 Å². The molecule has 0 saturated carbocycles. The van der Waals surface area contributed by atoms with E-state index in [4.69, 9.17) is 9.47 Å². The fourth-order valence-electron chi connectivity index (χ4n) is 2.89. The lowest BCUT2D eigenvalue weighted by molar-refractivity contribution is -0.140. The Kier molecular flexibility index (Phi) is 3.11. The number of hydrogen-bond donors (Lipinski definition) is 0. The number of carbonyl (C=O) groups excluding carboxylic acids is 2. The summed E-state index contributed by atoms with van der Waals surface area (Å²) in [6, 6.07) is 0.0510. The van der Waals surface area contributed by atoms with E-state index in [-0.39, 0.29) is 24.0 Å². The van der Waals surface area contributed by atoms with Crippen LogP contribution < -0.4 is 0 Å². The molecule has 3 aliphatic heterocycles. The monoisotopic (exact) mass is 254 g/mol. The van der Waals surface area contributed by atoms with Crippen LogP contribution in [0, 0.1) is 5.92 Å². The van der Waals surface area contributed by atoms with Gasteiger partial charge in [-0.25, -0.2) is 4.79 Å². The molecule has 1 unspecified atom stereocenters. The molecule has 3 rings (SSSR count). The van der Waals surface area contributed by atoms with Crippen LogP contribution in [0.4, 0.5) is 4.79 Å². The Morgan fingerprint density at radius 1 is 1.22 bits per heavy atom. The quantitative estimate of drug-likeness (QED) is 0.664. The Hall–Kier alpha value is -1.30. The molecule has 0 aromatic rings. The van der Waals surface area contributed by atoms with Gasteiger partial charge in [0.25, 0.3) is 0 Å². The Morgan fingerprint density at radius 2 is 2.00 bits per heavy atom. The smallest absolute Gasteiger partial charge is 0.410 e. The van der Waals surface area contributed by atoms with Gasteiger partial charge in [-0.15, -0.1) is 0 Å². The van der Waals surface area contributed by atoms with Crippen molar-refractivity contribution in [2.45, 2.75) is 18.9 Å². The third-order valence-electron chi connectivity index (χ3n) is 4.00. The van der Waals surface area contributed by atoms with Crippen molar-refractivity contribution in [3.63, 3.8) is 0 Å². The van der Waals surface area contributed by atoms with Gasteiger partial charge in [-0.3, -0.25) is 9.69 Å². The van der Waals surface area contributed by atoms with Crippen molar-refractivity contribution in [2.24, 2.45) is 5.92 Å². The molecule has 0 aromatic carbocycles. The molecule has 100 valence electrons. The normalized spacial score (nSPS) is 29.1. The van der Waals surface area contributed by atoms with E-state index in [1.807, 2.05) is 4.90 Å². The van der Waals surface area contributed by atoms with E-state index < -0.39 is 0 Å². The first-order valence-corrected chi connectivity index (χ1v) is 6.55. The molecule has 0 radical (unpaired) electrons. The molecule has 1 atom stereocenters. The van der Waals surface area contributed by atoms with Gasteiger partial charge in [0, 0.05) is 38.8 Å². The molecule has 3 heterocycles. The lowest BCUT2D eigenvalue weighted by Gasteiger charge is -2.37. The zero-order valence-corrected chi connectivity index (χ0v) is 10.3. The fourth-order valence-corrected chi connectivity index (χ4v) is 2.89. The summed E-state index contributed by atoms with van der Waals surface area (Å²) < 4.78 is 10.3. The summed E-state index contributed by atoms with van der Waals surface area (Å²) in [5.41, 5.74) is 0. The second kappa shape index (κ2) is 4.76. The number of ether oxygens (including phenoxy) is 2. The molecule has 6 heteroatoms. The number of nitrogens with zero attached hydrogens (tertiary/aromatic N) is 2. The number of fused-ring (bicyclic) bond motifs is 1. The summed E-state index contributed by atoms with van der Waals surface area (Å²) in [4.78, 5) is 27.3. The van der Waals surface area contributed by atoms with Crippen LogP contribution >= 0.6 is 0 Å². The molecule has 2 amide bonds. The van der Waals surface area contributed by atoms with Gasteiger partial charge >= 0.3 is 6.09 Å². The molecule has 18 heavy (non-hydrogen) atoms. The fraction of sp³-hybridized carbons (Fsp3) is 0.833. The maximum atomic E-state index is 12.3. The zero-order valence-electron chi connectivity index (χ0n) is 10.3. The molecular formula is C12H18N2O4. The first-order chi connectivity index (χ1) is 8.75. The Morgan fingerprint density at radius 3 is 2.78 bits per heavy atom. The van der Waals surface area contributed by atoms with E-state index in [0.29, 0.717) is 39.5 Å². The molecule has 0 N–H and O–H groups in total. The molecule has 0 aromatic heterocycles. The van der Waals surface area contributed by atoms with Crippen molar-refractivity contribution in [1.29, 1.82) is 0 Å². The van der Waals surface area contributed by atoms with Crippen molar-refractivity contribution < 1.29 is 19.1 Å². The van der Waals surface area contributed by atoms with E-state index in [2.05, 4.69) is 0 Å². The zero-order chi connectivity index (χ0) is 12.5. The van der Waals surface area contributed by atoms with Gasteiger partial charge in [0.1, 0.15) is 6.61 Å². The third kappa shape index (κ3) is 2.05. The van der Waals surface area contributed by atoms with E-state index >= 15 is 0 Å². The van der Waals surface area contributed by atoms with Crippen molar-refractivity contribution in [3.05, 3.63) is 0 Å². The highest BCUT2D eigenvalue weighted by Crippen LogP contribution is 2.22. The minimum absolute atomic E-state index is 0.0510. The van der Waals surface area contributed by atoms with Crippen LogP contribution in [0.5, 0.6) is 0 Å². The molecule has 0 spiro atoms. The molecule has 0 bridgehead atoms. The Labute approximate surface area is 106 Å². The maximum Gasteiger partial charge on any atom is 0.410 e. The Balaban J connectivity index is 1.60. The molecule has 3 fully saturated rings. The summed E-state index contributed by atoms with van der Waals surface area (Å²) >= 11 is 0. The molecule has 3 saturated heterocycles. The van der Waals surface area contributed by atoms with Gasteiger partial charge in [-0.1, -0.05) is 0 Å². The van der Waals surface area contributed by atoms with Crippen molar-refractivity contribution in [3.8, 4) is 0 Å². The van der Waals surface area contributed by atoms with Gasteiger partial charge in [0.05, 0.1) is 6.04 Å². The van der Waals surface area contributed by atoms with Gasteiger partial charge in [-0.05, 0) is 12.8 Å². The van der Waals surface area contributed by atoms with E-state index in [0.717, 1.165) is 12.8 Å². The van der Waals surface area contributed by atoms with Gasteiger partial charge < -0.3 is 14.4 Å². The van der Waals surface area contributed by atoms with Crippen LogP contribution in [0.1, 0.15) is 12.8 Å². The van der Waals surface area contributed by atoms with Gasteiger partial charge in [0.2, 0.25) is 5.91 Å². The summed E-state index contributed by atoms with van der Waals surface area (Å²) in [5.74, 6) is 0.320. The summed E-state index contributed by atoms with van der Waals surface area (Å²) in [7, 11) is 0. The predicted molar refractivity (Wildman–Crippen MR) is 62.0 cm³/mol. The van der Waals surface area contributed by atoms with Crippen LogP contribution in [0.25, 0.3) is 0 Å². The number of cyclic esters (lactones) is 1. The third-order valence-corrected chi connectivity index (χ3v) is 4.00. The molecule has 0 aliphatic carbocycles. The first-order valence-electron chi connectivity index (χ1n) is 6.55. The minimum Gasteiger partial charge on any atom is -0.447 e. The number of carbonyl (C=O) groups is 2. The van der Waals surface area contributed by atoms with Gasteiger partial charge in [-0.2, -0.15) is 0 Å². The van der Waals surface area contributed by atoms with Gasteiger partial charge in [0.15, 0.2) is 0 Å². The largest absolute Gasteiger partial charge is 0.447 e. The predicted octanol–water partition coefficient (Wildman–Crippen LogP) is 0.0760. The van der Waals surface area contributed by atoms with E-state index in [1.165, 1.54) is 0 Å². The van der Waals surface area contributed by atoms with Crippen molar-refractivity contribution in [2.75, 3.05) is 39.5 Å². The summed E-state index contributed by atoms with van der Waals surface area (Å²) in [6.07, 6.45) is 1.40. The number of rotatable bonds is 1. The average Bonchev–Trinajstić information content (AvgIpc) is 2.80.